The van der Waals surface area contributed by atoms with Crippen molar-refractivity contribution in [3.63, 3.8) is 0 Å². The van der Waals surface area contributed by atoms with Crippen molar-refractivity contribution in [2.75, 3.05) is 5.75 Å². The molecule has 8 heteroatoms. The molecule has 2 N–H and O–H groups in total. The quantitative estimate of drug-likeness (QED) is 0.260. The first-order valence-electron chi connectivity index (χ1n) is 5.55. The SMILES string of the molecule is C=CC[S+]([O-])C([C@H](N)C(=O)c1cccc(Br)c1)[N+](=O)[O-]. The van der Waals surface area contributed by atoms with E-state index < -0.39 is 33.3 Å². The lowest BCUT2D eigenvalue weighted by Crippen LogP contribution is -2.51. The van der Waals surface area contributed by atoms with Gasteiger partial charge in [-0.15, -0.1) is 0 Å². The van der Waals surface area contributed by atoms with Crippen LogP contribution >= 0.6 is 15.9 Å². The monoisotopic (exact) mass is 360 g/mol. The van der Waals surface area contributed by atoms with Crippen LogP contribution in [-0.4, -0.2) is 32.4 Å². The van der Waals surface area contributed by atoms with E-state index in [2.05, 4.69) is 22.5 Å². The molecule has 108 valence electrons. The summed E-state index contributed by atoms with van der Waals surface area (Å²) in [6.45, 7) is 3.37. The summed E-state index contributed by atoms with van der Waals surface area (Å²) < 4.78 is 12.4. The second kappa shape index (κ2) is 7.53. The largest absolute Gasteiger partial charge is 0.611 e. The zero-order valence-corrected chi connectivity index (χ0v) is 12.8. The third-order valence-corrected chi connectivity index (χ3v) is 4.54. The molecule has 0 saturated heterocycles. The van der Waals surface area contributed by atoms with E-state index in [4.69, 9.17) is 5.73 Å². The molecule has 6 nitrogen and oxygen atoms in total. The maximum absolute atomic E-state index is 12.1. The van der Waals surface area contributed by atoms with E-state index in [0.717, 1.165) is 0 Å². The summed E-state index contributed by atoms with van der Waals surface area (Å²) in [4.78, 5) is 22.4. The number of carbonyl (C=O) groups is 1. The van der Waals surface area contributed by atoms with Gasteiger partial charge in [-0.2, -0.15) is 0 Å². The van der Waals surface area contributed by atoms with Gasteiger partial charge in [-0.25, -0.2) is 0 Å². The first kappa shape index (κ1) is 16.8. The third-order valence-electron chi connectivity index (χ3n) is 2.48. The summed E-state index contributed by atoms with van der Waals surface area (Å²) >= 11 is 1.31. The number of halogens is 1. The van der Waals surface area contributed by atoms with Gasteiger partial charge in [0, 0.05) is 21.2 Å². The number of hydrogen-bond acceptors (Lipinski definition) is 5. The molecule has 0 saturated carbocycles. The van der Waals surface area contributed by atoms with Crippen LogP contribution in [0.1, 0.15) is 10.4 Å². The average molecular weight is 361 g/mol. The average Bonchev–Trinajstić information content (AvgIpc) is 2.37. The Morgan fingerprint density at radius 3 is 2.75 bits per heavy atom. The molecule has 0 bridgehead atoms. The summed E-state index contributed by atoms with van der Waals surface area (Å²) in [7, 11) is 0. The van der Waals surface area contributed by atoms with Gasteiger partial charge in [0.25, 0.3) is 0 Å². The highest BCUT2D eigenvalue weighted by atomic mass is 79.9. The van der Waals surface area contributed by atoms with Gasteiger partial charge in [0.2, 0.25) is 0 Å². The topological polar surface area (TPSA) is 109 Å². The number of carbonyl (C=O) groups excluding carboxylic acids is 1. The van der Waals surface area contributed by atoms with Crippen molar-refractivity contribution in [2.45, 2.75) is 11.4 Å². The lowest BCUT2D eigenvalue weighted by atomic mass is 10.1. The summed E-state index contributed by atoms with van der Waals surface area (Å²) in [6.07, 6.45) is 1.29. The molecule has 0 radical (unpaired) electrons. The van der Waals surface area contributed by atoms with Gasteiger partial charge < -0.3 is 10.3 Å². The molecule has 1 aromatic carbocycles. The second-order valence-corrected chi connectivity index (χ2v) is 6.41. The number of hydrogen-bond donors (Lipinski definition) is 1. The number of ketones is 1. The van der Waals surface area contributed by atoms with E-state index in [1.165, 1.54) is 18.2 Å². The van der Waals surface area contributed by atoms with Crippen molar-refractivity contribution in [2.24, 2.45) is 5.73 Å². The number of benzene rings is 1. The number of rotatable bonds is 7. The van der Waals surface area contributed by atoms with Crippen molar-refractivity contribution < 1.29 is 14.3 Å². The van der Waals surface area contributed by atoms with Crippen LogP contribution in [0.4, 0.5) is 0 Å². The zero-order valence-electron chi connectivity index (χ0n) is 10.4. The van der Waals surface area contributed by atoms with Crippen molar-refractivity contribution in [3.05, 3.63) is 57.1 Å². The lowest BCUT2D eigenvalue weighted by Gasteiger charge is -2.18. The number of nitrogens with two attached hydrogens (primary N) is 1. The normalized spacial score (nSPS) is 15.2. The van der Waals surface area contributed by atoms with Gasteiger partial charge in [0.05, 0.1) is 4.92 Å². The molecule has 0 spiro atoms. The van der Waals surface area contributed by atoms with Crippen LogP contribution in [0.5, 0.6) is 0 Å². The Balaban J connectivity index is 3.00. The zero-order chi connectivity index (χ0) is 15.3. The lowest BCUT2D eigenvalue weighted by molar-refractivity contribution is -0.497. The maximum Gasteiger partial charge on any atom is 0.378 e. The predicted octanol–water partition coefficient (Wildman–Crippen LogP) is 1.50. The molecule has 0 amide bonds. The highest BCUT2D eigenvalue weighted by molar-refractivity contribution is 9.10. The molecule has 1 aromatic rings. The number of nitrogens with zero attached hydrogens (tertiary/aromatic N) is 1. The second-order valence-electron chi connectivity index (χ2n) is 3.91. The molecule has 3 atom stereocenters. The fourth-order valence-electron chi connectivity index (χ4n) is 1.57. The molecule has 0 fully saturated rings. The fraction of sp³-hybridized carbons (Fsp3) is 0.250. The number of nitro groups is 1. The Labute approximate surface area is 127 Å². The molecule has 0 aliphatic heterocycles. The minimum atomic E-state index is -1.89. The maximum atomic E-state index is 12.1. The van der Waals surface area contributed by atoms with Crippen LogP contribution < -0.4 is 5.73 Å². The van der Waals surface area contributed by atoms with Gasteiger partial charge >= 0.3 is 5.37 Å². The highest BCUT2D eigenvalue weighted by Gasteiger charge is 2.43. The Morgan fingerprint density at radius 2 is 2.25 bits per heavy atom. The Kier molecular flexibility index (Phi) is 6.34. The van der Waals surface area contributed by atoms with E-state index in [1.54, 1.807) is 12.1 Å². The molecular weight excluding hydrogens is 348 g/mol. The molecule has 0 aliphatic rings. The Hall–Kier alpha value is -1.22. The Morgan fingerprint density at radius 1 is 1.60 bits per heavy atom. The van der Waals surface area contributed by atoms with Gasteiger partial charge in [0.1, 0.15) is 5.75 Å². The van der Waals surface area contributed by atoms with E-state index in [0.29, 0.717) is 4.47 Å². The molecule has 0 heterocycles. The smallest absolute Gasteiger partial charge is 0.378 e. The standard InChI is InChI=1S/C12H13BrN2O4S/c1-2-6-20(19)12(15(17)18)10(14)11(16)8-4-3-5-9(13)7-8/h2-5,7,10,12H,1,6,14H2/t10-,12?,20?/m1/s1. The third kappa shape index (κ3) is 4.14. The van der Waals surface area contributed by atoms with Crippen LogP contribution in [0, 0.1) is 10.1 Å². The summed E-state index contributed by atoms with van der Waals surface area (Å²) in [5, 5.41) is 9.34. The van der Waals surface area contributed by atoms with Gasteiger partial charge in [-0.1, -0.05) is 34.6 Å². The molecule has 2 unspecified atom stereocenters. The van der Waals surface area contributed by atoms with Gasteiger partial charge in [-0.05, 0) is 18.2 Å². The van der Waals surface area contributed by atoms with E-state index in [1.807, 2.05) is 0 Å². The Bertz CT molecular complexity index is 526. The molecular formula is C12H13BrN2O4S. The van der Waals surface area contributed by atoms with Gasteiger partial charge in [0.15, 0.2) is 11.8 Å². The van der Waals surface area contributed by atoms with E-state index >= 15 is 0 Å². The van der Waals surface area contributed by atoms with Crippen LogP contribution in [-0.2, 0) is 11.2 Å². The first-order chi connectivity index (χ1) is 9.38. The number of Topliss-reactive ketones (excluding diaryl/α,β-unsaturated/α-hetero) is 1. The van der Waals surface area contributed by atoms with Crippen molar-refractivity contribution in [1.29, 1.82) is 0 Å². The molecule has 0 aliphatic carbocycles. The fourth-order valence-corrected chi connectivity index (χ4v) is 3.04. The molecule has 20 heavy (non-hydrogen) atoms. The van der Waals surface area contributed by atoms with E-state index in [-0.39, 0.29) is 11.3 Å². The summed E-state index contributed by atoms with van der Waals surface area (Å²) in [5.74, 6) is -0.712. The molecule has 1 rings (SSSR count). The van der Waals surface area contributed by atoms with Gasteiger partial charge in [-0.3, -0.25) is 14.9 Å². The van der Waals surface area contributed by atoms with Crippen molar-refractivity contribution in [1.82, 2.24) is 0 Å². The van der Waals surface area contributed by atoms with E-state index in [9.17, 15) is 19.5 Å². The van der Waals surface area contributed by atoms with Crippen LogP contribution in [0.15, 0.2) is 41.4 Å². The minimum Gasteiger partial charge on any atom is -0.611 e. The minimum absolute atomic E-state index is 0.0922. The molecule has 0 aromatic heterocycles. The summed E-state index contributed by atoms with van der Waals surface area (Å²) in [5.41, 5.74) is 5.87. The van der Waals surface area contributed by atoms with Crippen LogP contribution in [0.3, 0.4) is 0 Å². The van der Waals surface area contributed by atoms with Crippen molar-refractivity contribution >= 4 is 32.9 Å². The highest BCUT2D eigenvalue weighted by Crippen LogP contribution is 2.16. The van der Waals surface area contributed by atoms with Crippen molar-refractivity contribution in [3.8, 4) is 0 Å². The first-order valence-corrected chi connectivity index (χ1v) is 7.73. The van der Waals surface area contributed by atoms with Crippen LogP contribution in [0.25, 0.3) is 0 Å². The van der Waals surface area contributed by atoms with Crippen LogP contribution in [0.2, 0.25) is 0 Å². The predicted molar refractivity (Wildman–Crippen MR) is 80.4 cm³/mol. The summed E-state index contributed by atoms with van der Waals surface area (Å²) in [6, 6.07) is 4.87.